The minimum Gasteiger partial charge on any atom is -0.358 e. The van der Waals surface area contributed by atoms with Crippen molar-refractivity contribution in [3.63, 3.8) is 0 Å². The summed E-state index contributed by atoms with van der Waals surface area (Å²) in [6.07, 6.45) is 10.2. The summed E-state index contributed by atoms with van der Waals surface area (Å²) < 4.78 is 1.74. The number of anilines is 1. The van der Waals surface area contributed by atoms with Gasteiger partial charge in [-0.2, -0.15) is 0 Å². The van der Waals surface area contributed by atoms with Crippen LogP contribution < -0.4 is 4.90 Å². The molecule has 31 heavy (non-hydrogen) atoms. The van der Waals surface area contributed by atoms with E-state index in [4.69, 9.17) is 16.6 Å². The van der Waals surface area contributed by atoms with Crippen LogP contribution in [0, 0.1) is 5.41 Å². The van der Waals surface area contributed by atoms with Crippen molar-refractivity contribution >= 4 is 23.5 Å². The molecule has 1 aromatic carbocycles. The number of hydrogen-bond donors (Lipinski definition) is 0. The summed E-state index contributed by atoms with van der Waals surface area (Å²) in [5.74, 6) is 1.94. The number of rotatable bonds is 6. The molecule has 2 aromatic rings. The maximum absolute atomic E-state index is 13.0. The van der Waals surface area contributed by atoms with Gasteiger partial charge in [-0.25, -0.2) is 4.98 Å². The third-order valence-electron chi connectivity index (χ3n) is 6.28. The van der Waals surface area contributed by atoms with Crippen molar-refractivity contribution in [2.24, 2.45) is 5.41 Å². The molecular formula is C25H33ClN4O. The van der Waals surface area contributed by atoms with Gasteiger partial charge in [0.2, 0.25) is 11.9 Å². The second kappa shape index (κ2) is 9.07. The third-order valence-corrected chi connectivity index (χ3v) is 6.53. The van der Waals surface area contributed by atoms with Crippen molar-refractivity contribution in [2.45, 2.75) is 59.3 Å². The van der Waals surface area contributed by atoms with Crippen LogP contribution in [0.4, 0.5) is 5.95 Å². The molecule has 0 N–H and O–H groups in total. The van der Waals surface area contributed by atoms with Gasteiger partial charge >= 0.3 is 0 Å². The molecule has 0 atom stereocenters. The Labute approximate surface area is 190 Å². The lowest BCUT2D eigenvalue weighted by Gasteiger charge is -2.43. The predicted octanol–water partition coefficient (Wildman–Crippen LogP) is 6.21. The molecule has 0 amide bonds. The maximum Gasteiger partial charge on any atom is 0.237 e. The van der Waals surface area contributed by atoms with Gasteiger partial charge in [-0.05, 0) is 42.9 Å². The lowest BCUT2D eigenvalue weighted by molar-refractivity contribution is 0.0920. The van der Waals surface area contributed by atoms with Crippen molar-refractivity contribution in [1.82, 2.24) is 14.5 Å². The molecule has 1 saturated heterocycles. The average molecular weight is 441 g/mol. The maximum atomic E-state index is 13.0. The lowest BCUT2D eigenvalue weighted by atomic mass is 9.84. The monoisotopic (exact) mass is 440 g/mol. The van der Waals surface area contributed by atoms with E-state index in [1.54, 1.807) is 4.57 Å². The number of carbonyl (C=O) groups is 1. The summed E-state index contributed by atoms with van der Waals surface area (Å²) in [6, 6.07) is 7.65. The highest BCUT2D eigenvalue weighted by Gasteiger charge is 2.33. The summed E-state index contributed by atoms with van der Waals surface area (Å²) in [7, 11) is 0. The van der Waals surface area contributed by atoms with Gasteiger partial charge in [0, 0.05) is 42.8 Å². The Morgan fingerprint density at radius 3 is 2.65 bits per heavy atom. The molecule has 1 fully saturated rings. The Morgan fingerprint density at radius 2 is 1.94 bits per heavy atom. The van der Waals surface area contributed by atoms with Crippen molar-refractivity contribution in [1.29, 1.82) is 0 Å². The van der Waals surface area contributed by atoms with Crippen molar-refractivity contribution < 1.29 is 4.79 Å². The molecular weight excluding hydrogens is 408 g/mol. The molecule has 2 aliphatic rings. The van der Waals surface area contributed by atoms with Crippen LogP contribution in [0.2, 0.25) is 5.02 Å². The molecule has 0 aliphatic carbocycles. The Hall–Kier alpha value is -2.27. The molecule has 0 radical (unpaired) electrons. The van der Waals surface area contributed by atoms with Crippen LogP contribution in [0.1, 0.15) is 64.1 Å². The highest BCUT2D eigenvalue weighted by Crippen LogP contribution is 2.35. The molecule has 0 saturated carbocycles. The number of aromatic nitrogens is 2. The topological polar surface area (TPSA) is 41.4 Å². The molecule has 1 aromatic heterocycles. The fraction of sp³-hybridized carbons (Fsp3) is 0.520. The summed E-state index contributed by atoms with van der Waals surface area (Å²) in [6.45, 7) is 9.78. The second-order valence-corrected chi connectivity index (χ2v) is 9.95. The summed E-state index contributed by atoms with van der Waals surface area (Å²) >= 11 is 6.07. The van der Waals surface area contributed by atoms with E-state index in [-0.39, 0.29) is 11.3 Å². The Morgan fingerprint density at radius 1 is 1.16 bits per heavy atom. The molecule has 0 spiro atoms. The first-order valence-corrected chi connectivity index (χ1v) is 11.9. The van der Waals surface area contributed by atoms with Crippen LogP contribution in [0.25, 0.3) is 11.3 Å². The number of fused-ring (bicyclic) bond motifs is 1. The van der Waals surface area contributed by atoms with Crippen LogP contribution in [-0.4, -0.2) is 40.0 Å². The van der Waals surface area contributed by atoms with Crippen LogP contribution in [-0.2, 0) is 0 Å². The quantitative estimate of drug-likeness (QED) is 0.501. The van der Waals surface area contributed by atoms with Gasteiger partial charge in [-0.15, -0.1) is 0 Å². The standard InChI is InChI=1S/C25H33ClN4O/c1-4-5-6-16-29-22(28-15-7-14-25(2,3)18-28)12-13-23(31)30-17-21(27-24(29)30)19-8-10-20(26)11-9-19/h8-12,17H,4-7,13-16,18H2,1-3H3. The number of likely N-dealkylation sites (tertiary alicyclic amines) is 1. The zero-order chi connectivity index (χ0) is 22.0. The van der Waals surface area contributed by atoms with E-state index in [2.05, 4.69) is 36.6 Å². The summed E-state index contributed by atoms with van der Waals surface area (Å²) in [5, 5.41) is 0.694. The van der Waals surface area contributed by atoms with Gasteiger partial charge in [-0.3, -0.25) is 14.3 Å². The minimum absolute atomic E-state index is 0.0643. The van der Waals surface area contributed by atoms with E-state index in [1.807, 2.05) is 30.5 Å². The normalized spacial score (nSPS) is 18.6. The van der Waals surface area contributed by atoms with Crippen molar-refractivity contribution in [3.8, 4) is 11.3 Å². The molecule has 0 unspecified atom stereocenters. The van der Waals surface area contributed by atoms with Crippen LogP contribution in [0.3, 0.4) is 0 Å². The number of nitrogens with zero attached hydrogens (tertiary/aromatic N) is 4. The Balaban J connectivity index is 1.73. The number of hydrogen-bond acceptors (Lipinski definition) is 4. The Bertz CT molecular complexity index is 960. The molecule has 166 valence electrons. The Kier molecular flexibility index (Phi) is 6.42. The van der Waals surface area contributed by atoms with E-state index in [1.165, 1.54) is 12.8 Å². The predicted molar refractivity (Wildman–Crippen MR) is 127 cm³/mol. The molecule has 3 heterocycles. The molecule has 4 rings (SSSR count). The zero-order valence-corrected chi connectivity index (χ0v) is 19.7. The van der Waals surface area contributed by atoms with Gasteiger partial charge < -0.3 is 4.90 Å². The largest absolute Gasteiger partial charge is 0.358 e. The first-order chi connectivity index (χ1) is 14.9. The van der Waals surface area contributed by atoms with Crippen molar-refractivity contribution in [2.75, 3.05) is 24.5 Å². The number of piperidine rings is 1. The third kappa shape index (κ3) is 4.82. The highest BCUT2D eigenvalue weighted by atomic mass is 35.5. The van der Waals surface area contributed by atoms with Crippen LogP contribution >= 0.6 is 11.6 Å². The van der Waals surface area contributed by atoms with E-state index >= 15 is 0 Å². The summed E-state index contributed by atoms with van der Waals surface area (Å²) in [4.78, 5) is 22.8. The van der Waals surface area contributed by atoms with Gasteiger partial charge in [0.05, 0.1) is 5.69 Å². The fourth-order valence-corrected chi connectivity index (χ4v) is 4.77. The zero-order valence-electron chi connectivity index (χ0n) is 18.9. The number of unbranched alkanes of at least 4 members (excludes halogenated alkanes) is 2. The van der Waals surface area contributed by atoms with Crippen LogP contribution in [0.15, 0.2) is 42.4 Å². The second-order valence-electron chi connectivity index (χ2n) is 9.51. The smallest absolute Gasteiger partial charge is 0.237 e. The molecule has 6 heteroatoms. The molecule has 0 bridgehead atoms. The van der Waals surface area contributed by atoms with E-state index in [0.29, 0.717) is 11.4 Å². The van der Waals surface area contributed by atoms with E-state index < -0.39 is 0 Å². The van der Waals surface area contributed by atoms with Gasteiger partial charge in [0.25, 0.3) is 0 Å². The van der Waals surface area contributed by atoms with Crippen LogP contribution in [0.5, 0.6) is 0 Å². The number of benzene rings is 1. The van der Waals surface area contributed by atoms with E-state index in [9.17, 15) is 4.79 Å². The fourth-order valence-electron chi connectivity index (χ4n) is 4.65. The van der Waals surface area contributed by atoms with Gasteiger partial charge in [-0.1, -0.05) is 57.3 Å². The number of carbonyl (C=O) groups excluding carboxylic acids is 1. The first-order valence-electron chi connectivity index (χ1n) is 11.5. The number of halogens is 1. The molecule has 5 nitrogen and oxygen atoms in total. The highest BCUT2D eigenvalue weighted by molar-refractivity contribution is 6.30. The number of allylic oxidation sites excluding steroid dienone is 1. The SMILES string of the molecule is CCCCCN1C(N2CCCC(C)(C)C2)=CCC(=O)n2cc(-c3ccc(Cl)cc3)nc21. The average Bonchev–Trinajstić information content (AvgIpc) is 3.12. The number of imidazole rings is 1. The van der Waals surface area contributed by atoms with E-state index in [0.717, 1.165) is 61.9 Å². The first kappa shape index (κ1) is 21.9. The van der Waals surface area contributed by atoms with Gasteiger partial charge in [0.1, 0.15) is 5.82 Å². The van der Waals surface area contributed by atoms with Gasteiger partial charge in [0.15, 0.2) is 0 Å². The van der Waals surface area contributed by atoms with Crippen molar-refractivity contribution in [3.05, 3.63) is 47.4 Å². The summed E-state index contributed by atoms with van der Waals surface area (Å²) in [5.41, 5.74) is 2.05. The minimum atomic E-state index is 0.0643. The lowest BCUT2D eigenvalue weighted by Crippen LogP contribution is -2.45. The molecule has 2 aliphatic heterocycles.